The van der Waals surface area contributed by atoms with Crippen molar-refractivity contribution in [1.82, 2.24) is 15.3 Å². The van der Waals surface area contributed by atoms with E-state index in [1.807, 2.05) is 0 Å². The van der Waals surface area contributed by atoms with E-state index in [-0.39, 0.29) is 29.7 Å². The molecule has 1 heterocycles. The summed E-state index contributed by atoms with van der Waals surface area (Å²) >= 11 is 0. The molecule has 7 nitrogen and oxygen atoms in total. The zero-order chi connectivity index (χ0) is 20.0. The molecule has 0 radical (unpaired) electrons. The van der Waals surface area contributed by atoms with Gasteiger partial charge >= 0.3 is 5.97 Å². The minimum absolute atomic E-state index is 0.0195. The molecule has 0 unspecified atom stereocenters. The lowest BCUT2D eigenvalue weighted by Crippen LogP contribution is -2.52. The van der Waals surface area contributed by atoms with Crippen molar-refractivity contribution in [1.29, 1.82) is 0 Å². The van der Waals surface area contributed by atoms with Gasteiger partial charge in [-0.15, -0.1) is 0 Å². The van der Waals surface area contributed by atoms with E-state index >= 15 is 0 Å². The highest BCUT2D eigenvalue weighted by atomic mass is 16.4. The molecule has 1 aliphatic rings. The van der Waals surface area contributed by atoms with Crippen LogP contribution in [0, 0.1) is 17.3 Å². The minimum atomic E-state index is -1.07. The minimum Gasteiger partial charge on any atom is -0.480 e. The summed E-state index contributed by atoms with van der Waals surface area (Å²) in [4.78, 5) is 45.2. The largest absolute Gasteiger partial charge is 0.480 e. The fraction of sp³-hybridized carbons (Fsp3) is 0.650. The van der Waals surface area contributed by atoms with Crippen molar-refractivity contribution in [2.24, 2.45) is 17.3 Å². The standard InChI is InChI=1S/C20H29N3O4/c1-20(2,3)17(19(26)27)23-18(25)14(13-7-5-4-6-8-13)11-16(24)15-12-21-9-10-22-15/h9-10,12-14,17H,4-8,11H2,1-3H3,(H,23,25)(H,26,27)/t14-,17-/m1/s1. The number of amides is 1. The second-order valence-corrected chi connectivity index (χ2v) is 8.37. The fourth-order valence-corrected chi connectivity index (χ4v) is 3.66. The summed E-state index contributed by atoms with van der Waals surface area (Å²) < 4.78 is 0. The number of ketones is 1. The summed E-state index contributed by atoms with van der Waals surface area (Å²) in [6, 6.07) is -1.01. The number of hydrogen-bond acceptors (Lipinski definition) is 5. The van der Waals surface area contributed by atoms with Gasteiger partial charge in [0.1, 0.15) is 11.7 Å². The second-order valence-electron chi connectivity index (χ2n) is 8.37. The topological polar surface area (TPSA) is 109 Å². The number of carboxylic acids is 1. The predicted octanol–water partition coefficient (Wildman–Crippen LogP) is 2.86. The molecule has 2 atom stereocenters. The Kier molecular flexibility index (Phi) is 7.05. The Hall–Kier alpha value is -2.31. The van der Waals surface area contributed by atoms with Crippen LogP contribution < -0.4 is 5.32 Å². The van der Waals surface area contributed by atoms with Crippen molar-refractivity contribution in [3.63, 3.8) is 0 Å². The van der Waals surface area contributed by atoms with Crippen molar-refractivity contribution in [3.8, 4) is 0 Å². The normalized spacial score (nSPS) is 17.7. The summed E-state index contributed by atoms with van der Waals surface area (Å²) in [5.41, 5.74) is -0.398. The van der Waals surface area contributed by atoms with Crippen molar-refractivity contribution in [3.05, 3.63) is 24.3 Å². The highest BCUT2D eigenvalue weighted by Crippen LogP contribution is 2.33. The van der Waals surface area contributed by atoms with Crippen molar-refractivity contribution < 1.29 is 19.5 Å². The summed E-state index contributed by atoms with van der Waals surface area (Å²) in [6.07, 6.45) is 9.27. The number of nitrogens with one attached hydrogen (secondary N) is 1. The number of carbonyl (C=O) groups is 3. The maximum absolute atomic E-state index is 13.0. The Morgan fingerprint density at radius 2 is 1.85 bits per heavy atom. The Morgan fingerprint density at radius 3 is 2.37 bits per heavy atom. The van der Waals surface area contributed by atoms with Crippen LogP contribution in [-0.4, -0.2) is 38.8 Å². The third-order valence-corrected chi connectivity index (χ3v) is 5.21. The van der Waals surface area contributed by atoms with E-state index < -0.39 is 23.3 Å². The molecule has 1 fully saturated rings. The number of hydrogen-bond donors (Lipinski definition) is 2. The molecule has 1 aromatic heterocycles. The molecule has 148 valence electrons. The van der Waals surface area contributed by atoms with Crippen molar-refractivity contribution in [2.45, 2.75) is 65.3 Å². The van der Waals surface area contributed by atoms with E-state index in [0.717, 1.165) is 32.1 Å². The first-order valence-corrected chi connectivity index (χ1v) is 9.52. The zero-order valence-corrected chi connectivity index (χ0v) is 16.3. The SMILES string of the molecule is CC(C)(C)[C@H](NC(=O)[C@H](CC(=O)c1cnccn1)C1CCCCC1)C(=O)O. The first-order chi connectivity index (χ1) is 12.7. The van der Waals surface area contributed by atoms with Crippen LogP contribution in [0.4, 0.5) is 0 Å². The molecule has 1 aromatic rings. The van der Waals surface area contributed by atoms with Gasteiger partial charge in [-0.1, -0.05) is 40.0 Å². The average molecular weight is 375 g/mol. The lowest BCUT2D eigenvalue weighted by atomic mass is 9.76. The van der Waals surface area contributed by atoms with E-state index in [4.69, 9.17) is 0 Å². The fourth-order valence-electron chi connectivity index (χ4n) is 3.66. The van der Waals surface area contributed by atoms with Crippen molar-refractivity contribution >= 4 is 17.7 Å². The van der Waals surface area contributed by atoms with Gasteiger partial charge in [0.25, 0.3) is 0 Å². The van der Waals surface area contributed by atoms with Crippen LogP contribution in [0.2, 0.25) is 0 Å². The number of rotatable bonds is 7. The average Bonchev–Trinajstić information content (AvgIpc) is 2.64. The molecular formula is C20H29N3O4. The third kappa shape index (κ3) is 5.84. The maximum atomic E-state index is 13.0. The molecule has 0 bridgehead atoms. The lowest BCUT2D eigenvalue weighted by molar-refractivity contribution is -0.146. The summed E-state index contributed by atoms with van der Waals surface area (Å²) in [6.45, 7) is 5.31. The molecule has 0 aromatic carbocycles. The van der Waals surface area contributed by atoms with Crippen LogP contribution in [-0.2, 0) is 9.59 Å². The molecule has 2 rings (SSSR count). The lowest BCUT2D eigenvalue weighted by Gasteiger charge is -2.33. The first-order valence-electron chi connectivity index (χ1n) is 9.52. The third-order valence-electron chi connectivity index (χ3n) is 5.21. The van der Waals surface area contributed by atoms with Gasteiger partial charge in [0.2, 0.25) is 5.91 Å². The van der Waals surface area contributed by atoms with Crippen LogP contribution in [0.25, 0.3) is 0 Å². The molecular weight excluding hydrogens is 346 g/mol. The molecule has 0 spiro atoms. The predicted molar refractivity (Wildman–Crippen MR) is 100 cm³/mol. The molecule has 2 N–H and O–H groups in total. The van der Waals surface area contributed by atoms with Crippen molar-refractivity contribution in [2.75, 3.05) is 0 Å². The van der Waals surface area contributed by atoms with Gasteiger partial charge in [-0.2, -0.15) is 0 Å². The molecule has 7 heteroatoms. The van der Waals surface area contributed by atoms with E-state index in [1.165, 1.54) is 18.6 Å². The Morgan fingerprint density at radius 1 is 1.19 bits per heavy atom. The molecule has 0 saturated heterocycles. The molecule has 27 heavy (non-hydrogen) atoms. The van der Waals surface area contributed by atoms with E-state index in [9.17, 15) is 19.5 Å². The highest BCUT2D eigenvalue weighted by molar-refractivity contribution is 5.97. The van der Waals surface area contributed by atoms with Gasteiger partial charge in [-0.05, 0) is 24.2 Å². The monoisotopic (exact) mass is 375 g/mol. The van der Waals surface area contributed by atoms with Crippen LogP contribution in [0.1, 0.15) is 69.8 Å². The highest BCUT2D eigenvalue weighted by Gasteiger charge is 2.37. The van der Waals surface area contributed by atoms with Gasteiger partial charge in [0.05, 0.1) is 6.20 Å². The summed E-state index contributed by atoms with van der Waals surface area (Å²) in [7, 11) is 0. The zero-order valence-electron chi connectivity index (χ0n) is 16.3. The van der Waals surface area contributed by atoms with Gasteiger partial charge in [0.15, 0.2) is 5.78 Å². The number of nitrogens with zero attached hydrogens (tertiary/aromatic N) is 2. The van der Waals surface area contributed by atoms with Crippen LogP contribution >= 0.6 is 0 Å². The number of Topliss-reactive ketones (excluding diaryl/α,β-unsaturated/α-hetero) is 1. The number of aliphatic carboxylic acids is 1. The van der Waals surface area contributed by atoms with Crippen LogP contribution in [0.3, 0.4) is 0 Å². The van der Waals surface area contributed by atoms with Gasteiger partial charge in [-0.25, -0.2) is 9.78 Å². The van der Waals surface area contributed by atoms with Gasteiger partial charge < -0.3 is 10.4 Å². The summed E-state index contributed by atoms with van der Waals surface area (Å²) in [5.74, 6) is -2.14. The van der Waals surface area contributed by atoms with Crippen LogP contribution in [0.15, 0.2) is 18.6 Å². The second kappa shape index (κ2) is 9.06. The molecule has 0 aliphatic heterocycles. The smallest absolute Gasteiger partial charge is 0.326 e. The Labute approximate surface area is 160 Å². The van der Waals surface area contributed by atoms with Gasteiger partial charge in [0, 0.05) is 24.7 Å². The Balaban J connectivity index is 2.19. The number of carbonyl (C=O) groups excluding carboxylic acids is 2. The quantitative estimate of drug-likeness (QED) is 0.709. The number of carboxylic acid groups (broad SMARTS) is 1. The molecule has 1 amide bonds. The van der Waals surface area contributed by atoms with Gasteiger partial charge in [-0.3, -0.25) is 14.6 Å². The molecule has 1 saturated carbocycles. The first kappa shape index (κ1) is 21.0. The van der Waals surface area contributed by atoms with E-state index in [0.29, 0.717) is 0 Å². The number of aromatic nitrogens is 2. The Bertz CT molecular complexity index is 664. The summed E-state index contributed by atoms with van der Waals surface area (Å²) in [5, 5.41) is 12.2. The molecule has 1 aliphatic carbocycles. The van der Waals surface area contributed by atoms with E-state index in [2.05, 4.69) is 15.3 Å². The van der Waals surface area contributed by atoms with Crippen LogP contribution in [0.5, 0.6) is 0 Å². The maximum Gasteiger partial charge on any atom is 0.326 e. The van der Waals surface area contributed by atoms with E-state index in [1.54, 1.807) is 20.8 Å².